The maximum Gasteiger partial charge on any atom is 2.00 e. The molecule has 0 unspecified atom stereocenters. The second kappa shape index (κ2) is 8.78. The average molecular weight is 188 g/mol. The molecule has 0 rings (SSSR count). The molecule has 0 fully saturated rings. The number of ether oxygens (including phenoxy) is 1. The molecule has 0 bridgehead atoms. The van der Waals surface area contributed by atoms with Crippen LogP contribution in [-0.4, -0.2) is 62.0 Å². The van der Waals surface area contributed by atoms with Gasteiger partial charge in [0.15, 0.2) is 0 Å². The summed E-state index contributed by atoms with van der Waals surface area (Å²) in [5, 5.41) is 8.27. The largest absolute Gasteiger partial charge is 2.00 e. The van der Waals surface area contributed by atoms with Crippen LogP contribution in [0.4, 0.5) is 0 Å². The van der Waals surface area contributed by atoms with Gasteiger partial charge < -0.3 is 12.7 Å². The fraction of sp³-hybridized carbons (Fsp3) is 0.857. The summed E-state index contributed by atoms with van der Waals surface area (Å²) in [7, 11) is 0. The van der Waals surface area contributed by atoms with Crippen molar-refractivity contribution in [1.29, 1.82) is 0 Å². The van der Waals surface area contributed by atoms with Gasteiger partial charge >= 0.3 is 43.7 Å². The van der Waals surface area contributed by atoms with Crippen LogP contribution in [0.1, 0.15) is 23.1 Å². The predicted octanol–water partition coefficient (Wildman–Crippen LogP) is 0.412. The van der Waals surface area contributed by atoms with E-state index in [4.69, 9.17) is 5.11 Å². The quantitative estimate of drug-likeness (QED) is 0.513. The summed E-state index contributed by atoms with van der Waals surface area (Å²) in [6, 6.07) is 0. The molecule has 4 heteroatoms. The first-order chi connectivity index (χ1) is 4.66. The van der Waals surface area contributed by atoms with Crippen molar-refractivity contribution in [2.24, 2.45) is 5.92 Å². The first kappa shape index (κ1) is 14.2. The molecule has 1 N–H and O–H groups in total. The second-order valence-electron chi connectivity index (χ2n) is 2.54. The minimum absolute atomic E-state index is 0. The minimum atomic E-state index is -0.232. The van der Waals surface area contributed by atoms with Gasteiger partial charge in [0.05, 0.1) is 6.61 Å². The van der Waals surface area contributed by atoms with Crippen LogP contribution in [0.25, 0.3) is 0 Å². The molecule has 0 saturated carbocycles. The number of esters is 1. The standard InChI is InChI=1S/C7H14O3.Ca.2H/c1-6(2)5-7(9)10-4-3-8;;;/h6,8H,3-5H2,1-2H3;;;/q;+2;2*-1. The summed E-state index contributed by atoms with van der Waals surface area (Å²) in [6.07, 6.45) is 0.431. The SMILES string of the molecule is CC(C)CC(=O)OCCO.[Ca+2].[H-].[H-]. The van der Waals surface area contributed by atoms with Crippen molar-refractivity contribution in [2.75, 3.05) is 13.2 Å². The summed E-state index contributed by atoms with van der Waals surface area (Å²) < 4.78 is 4.61. The number of hydrogen-bond donors (Lipinski definition) is 1. The van der Waals surface area contributed by atoms with E-state index in [1.165, 1.54) is 0 Å². The fourth-order valence-corrected chi connectivity index (χ4v) is 0.552. The third-order valence-electron chi connectivity index (χ3n) is 0.929. The summed E-state index contributed by atoms with van der Waals surface area (Å²) >= 11 is 0. The molecule has 0 saturated heterocycles. The Labute approximate surface area is 100 Å². The van der Waals surface area contributed by atoms with Gasteiger partial charge in [-0.1, -0.05) is 13.8 Å². The van der Waals surface area contributed by atoms with E-state index in [0.717, 1.165) is 0 Å². The molecule has 0 aliphatic rings. The van der Waals surface area contributed by atoms with Crippen molar-refractivity contribution >= 4 is 43.7 Å². The van der Waals surface area contributed by atoms with Crippen molar-refractivity contribution in [3.8, 4) is 0 Å². The zero-order valence-electron chi connectivity index (χ0n) is 9.17. The third kappa shape index (κ3) is 10.7. The zero-order valence-corrected chi connectivity index (χ0v) is 9.38. The van der Waals surface area contributed by atoms with E-state index < -0.39 is 0 Å². The molecule has 0 atom stereocenters. The van der Waals surface area contributed by atoms with Crippen molar-refractivity contribution < 1.29 is 17.5 Å². The molecule has 0 aromatic rings. The molecule has 0 aliphatic carbocycles. The first-order valence-corrected chi connectivity index (χ1v) is 3.43. The van der Waals surface area contributed by atoms with Crippen molar-refractivity contribution in [3.05, 3.63) is 0 Å². The number of aliphatic hydroxyl groups excluding tert-OH is 1. The van der Waals surface area contributed by atoms with Crippen LogP contribution in [0, 0.1) is 5.92 Å². The number of aliphatic hydroxyl groups is 1. The maximum atomic E-state index is 10.7. The molecule has 64 valence electrons. The predicted molar refractivity (Wildman–Crippen MR) is 45.5 cm³/mol. The minimum Gasteiger partial charge on any atom is -1.00 e. The number of carbonyl (C=O) groups excluding carboxylic acids is 1. The monoisotopic (exact) mass is 188 g/mol. The van der Waals surface area contributed by atoms with Gasteiger partial charge in [0.1, 0.15) is 6.61 Å². The Morgan fingerprint density at radius 3 is 2.55 bits per heavy atom. The van der Waals surface area contributed by atoms with Gasteiger partial charge in [-0.15, -0.1) is 0 Å². The fourth-order valence-electron chi connectivity index (χ4n) is 0.552. The third-order valence-corrected chi connectivity index (χ3v) is 0.929. The molecule has 0 aliphatic heterocycles. The summed E-state index contributed by atoms with van der Waals surface area (Å²) in [6.45, 7) is 3.91. The Kier molecular flexibility index (Phi) is 11.4. The van der Waals surface area contributed by atoms with Crippen LogP contribution in [0.2, 0.25) is 0 Å². The zero-order chi connectivity index (χ0) is 7.98. The summed E-state index contributed by atoms with van der Waals surface area (Å²) in [5.41, 5.74) is 0. The molecule has 0 amide bonds. The van der Waals surface area contributed by atoms with E-state index in [1.54, 1.807) is 0 Å². The molecular weight excluding hydrogens is 172 g/mol. The molecule has 11 heavy (non-hydrogen) atoms. The number of hydrogen-bond acceptors (Lipinski definition) is 3. The normalized spacial score (nSPS) is 9.09. The van der Waals surface area contributed by atoms with Gasteiger partial charge in [-0.3, -0.25) is 4.79 Å². The molecule has 0 radical (unpaired) electrons. The van der Waals surface area contributed by atoms with E-state index in [9.17, 15) is 4.79 Å². The molecule has 3 nitrogen and oxygen atoms in total. The van der Waals surface area contributed by atoms with Crippen LogP contribution in [0.5, 0.6) is 0 Å². The van der Waals surface area contributed by atoms with Crippen molar-refractivity contribution in [1.82, 2.24) is 0 Å². The summed E-state index contributed by atoms with van der Waals surface area (Å²) in [4.78, 5) is 10.7. The van der Waals surface area contributed by atoms with Crippen LogP contribution >= 0.6 is 0 Å². The van der Waals surface area contributed by atoms with Gasteiger partial charge in [-0.2, -0.15) is 0 Å². The molecule has 0 aromatic heterocycles. The molecule has 0 spiro atoms. The number of rotatable bonds is 4. The molecular formula is C7H16CaO3. The van der Waals surface area contributed by atoms with E-state index in [2.05, 4.69) is 4.74 Å². The first-order valence-electron chi connectivity index (χ1n) is 3.43. The van der Waals surface area contributed by atoms with Gasteiger partial charge in [0.25, 0.3) is 0 Å². The van der Waals surface area contributed by atoms with Gasteiger partial charge in [-0.05, 0) is 5.92 Å². The van der Waals surface area contributed by atoms with Crippen LogP contribution in [0.3, 0.4) is 0 Å². The maximum absolute atomic E-state index is 10.7. The smallest absolute Gasteiger partial charge is 1.00 e. The van der Waals surface area contributed by atoms with E-state index in [-0.39, 0.29) is 59.8 Å². The number of carbonyl (C=O) groups is 1. The Morgan fingerprint density at radius 1 is 1.64 bits per heavy atom. The van der Waals surface area contributed by atoms with Crippen LogP contribution in [0.15, 0.2) is 0 Å². The molecule has 0 aromatic carbocycles. The van der Waals surface area contributed by atoms with E-state index in [0.29, 0.717) is 12.3 Å². The van der Waals surface area contributed by atoms with Crippen LogP contribution < -0.4 is 0 Å². The van der Waals surface area contributed by atoms with Gasteiger partial charge in [0, 0.05) is 6.42 Å². The van der Waals surface area contributed by atoms with Crippen LogP contribution in [-0.2, 0) is 9.53 Å². The molecule has 0 heterocycles. The Balaban J connectivity index is -0.000000135. The average Bonchev–Trinajstić information content (AvgIpc) is 1.82. The Hall–Kier alpha value is 0.690. The Morgan fingerprint density at radius 2 is 2.18 bits per heavy atom. The Bertz CT molecular complexity index is 112. The van der Waals surface area contributed by atoms with Gasteiger partial charge in [0.2, 0.25) is 0 Å². The van der Waals surface area contributed by atoms with Crippen molar-refractivity contribution in [2.45, 2.75) is 20.3 Å². The topological polar surface area (TPSA) is 46.5 Å². The summed E-state index contributed by atoms with van der Waals surface area (Å²) in [5.74, 6) is 0.0928. The van der Waals surface area contributed by atoms with Crippen molar-refractivity contribution in [3.63, 3.8) is 0 Å². The van der Waals surface area contributed by atoms with Gasteiger partial charge in [-0.25, -0.2) is 0 Å². The second-order valence-corrected chi connectivity index (χ2v) is 2.54. The van der Waals surface area contributed by atoms with E-state index in [1.807, 2.05) is 13.8 Å². The van der Waals surface area contributed by atoms with E-state index >= 15 is 0 Å².